The first-order valence-electron chi connectivity index (χ1n) is 7.21. The van der Waals surface area contributed by atoms with E-state index >= 15 is 0 Å². The number of carbonyl (C=O) groups excluding carboxylic acids is 1. The third-order valence-electron chi connectivity index (χ3n) is 3.79. The molecule has 1 fully saturated rings. The summed E-state index contributed by atoms with van der Waals surface area (Å²) >= 11 is 5.00. The molecule has 112 valence electrons. The Hall–Kier alpha value is -0.990. The predicted molar refractivity (Wildman–Crippen MR) is 89.0 cm³/mol. The summed E-state index contributed by atoms with van der Waals surface area (Å²) < 4.78 is 0.988. The first-order valence-corrected chi connectivity index (χ1v) is 8.88. The molecule has 1 aromatic carbocycles. The Kier molecular flexibility index (Phi) is 5.72. The van der Waals surface area contributed by atoms with Gasteiger partial charge in [0.25, 0.3) is 0 Å². The van der Waals surface area contributed by atoms with E-state index in [1.54, 1.807) is 0 Å². The van der Waals surface area contributed by atoms with Crippen molar-refractivity contribution in [3.8, 4) is 6.07 Å². The summed E-state index contributed by atoms with van der Waals surface area (Å²) in [6.45, 7) is 1.88. The molecule has 0 spiro atoms. The maximum atomic E-state index is 12.4. The first kappa shape index (κ1) is 16.4. The molecule has 21 heavy (non-hydrogen) atoms. The van der Waals surface area contributed by atoms with Gasteiger partial charge in [0.05, 0.1) is 11.3 Å². The lowest BCUT2D eigenvalue weighted by atomic mass is 9.83. The van der Waals surface area contributed by atoms with Crippen LogP contribution in [0.4, 0.5) is 0 Å². The highest BCUT2D eigenvalue weighted by atomic mass is 79.9. The molecule has 1 aromatic rings. The van der Waals surface area contributed by atoms with Crippen molar-refractivity contribution in [1.82, 2.24) is 5.32 Å². The van der Waals surface area contributed by atoms with Gasteiger partial charge in [0.15, 0.2) is 0 Å². The van der Waals surface area contributed by atoms with Crippen molar-refractivity contribution in [2.24, 2.45) is 0 Å². The zero-order valence-corrected chi connectivity index (χ0v) is 14.5. The zero-order valence-electron chi connectivity index (χ0n) is 12.1. The van der Waals surface area contributed by atoms with E-state index in [9.17, 15) is 10.1 Å². The summed E-state index contributed by atoms with van der Waals surface area (Å²) in [4.78, 5) is 13.4. The van der Waals surface area contributed by atoms with Crippen molar-refractivity contribution in [2.45, 2.75) is 54.7 Å². The Morgan fingerprint density at radius 3 is 2.67 bits per heavy atom. The molecule has 2 rings (SSSR count). The minimum absolute atomic E-state index is 0.0563. The Balaban J connectivity index is 1.99. The molecular weight excluding hydrogens is 348 g/mol. The monoisotopic (exact) mass is 366 g/mol. The number of thioether (sulfide) groups is 1. The molecule has 0 bridgehead atoms. The van der Waals surface area contributed by atoms with Crippen molar-refractivity contribution in [3.63, 3.8) is 0 Å². The van der Waals surface area contributed by atoms with Crippen LogP contribution in [-0.4, -0.2) is 16.7 Å². The number of nitriles is 1. The summed E-state index contributed by atoms with van der Waals surface area (Å²) in [7, 11) is 0. The SMILES string of the molecule is CC(Sc1ccccc1Br)C(=O)NC1(C#N)CCCCC1. The number of halogens is 1. The van der Waals surface area contributed by atoms with E-state index in [2.05, 4.69) is 27.3 Å². The quantitative estimate of drug-likeness (QED) is 0.809. The molecule has 3 nitrogen and oxygen atoms in total. The molecular formula is C16H19BrN2OS. The number of rotatable bonds is 4. The van der Waals surface area contributed by atoms with E-state index in [4.69, 9.17) is 0 Å². The topological polar surface area (TPSA) is 52.9 Å². The second-order valence-corrected chi connectivity index (χ2v) is 7.67. The highest BCUT2D eigenvalue weighted by molar-refractivity contribution is 9.10. The predicted octanol–water partition coefficient (Wildman–Crippen LogP) is 4.27. The number of nitrogens with one attached hydrogen (secondary N) is 1. The number of hydrogen-bond acceptors (Lipinski definition) is 3. The largest absolute Gasteiger partial charge is 0.337 e. The van der Waals surface area contributed by atoms with Gasteiger partial charge in [0.1, 0.15) is 5.54 Å². The van der Waals surface area contributed by atoms with Crippen LogP contribution in [0.5, 0.6) is 0 Å². The summed E-state index contributed by atoms with van der Waals surface area (Å²) in [5.74, 6) is -0.0563. The second-order valence-electron chi connectivity index (χ2n) is 5.43. The van der Waals surface area contributed by atoms with E-state index in [0.717, 1.165) is 41.5 Å². The molecule has 1 aliphatic carbocycles. The van der Waals surface area contributed by atoms with Crippen LogP contribution in [0.2, 0.25) is 0 Å². The van der Waals surface area contributed by atoms with Crippen LogP contribution in [0.15, 0.2) is 33.6 Å². The van der Waals surface area contributed by atoms with Gasteiger partial charge in [-0.3, -0.25) is 4.79 Å². The summed E-state index contributed by atoms with van der Waals surface area (Å²) in [6, 6.07) is 10.2. The molecule has 1 aliphatic rings. The molecule has 5 heteroatoms. The lowest BCUT2D eigenvalue weighted by molar-refractivity contribution is -0.121. The molecule has 0 radical (unpaired) electrons. The fourth-order valence-electron chi connectivity index (χ4n) is 2.54. The van der Waals surface area contributed by atoms with E-state index in [1.165, 1.54) is 11.8 Å². The number of amides is 1. The van der Waals surface area contributed by atoms with Crippen LogP contribution in [0.3, 0.4) is 0 Å². The fraction of sp³-hybridized carbons (Fsp3) is 0.500. The van der Waals surface area contributed by atoms with Crippen LogP contribution >= 0.6 is 27.7 Å². The van der Waals surface area contributed by atoms with Crippen LogP contribution < -0.4 is 5.32 Å². The molecule has 1 amide bonds. The molecule has 1 saturated carbocycles. The number of nitrogens with zero attached hydrogens (tertiary/aromatic N) is 1. The van der Waals surface area contributed by atoms with Gasteiger partial charge in [-0.25, -0.2) is 0 Å². The molecule has 1 N–H and O–H groups in total. The van der Waals surface area contributed by atoms with Gasteiger partial charge in [-0.15, -0.1) is 11.8 Å². The Morgan fingerprint density at radius 2 is 2.05 bits per heavy atom. The smallest absolute Gasteiger partial charge is 0.234 e. The van der Waals surface area contributed by atoms with Crippen molar-refractivity contribution < 1.29 is 4.79 Å². The highest BCUT2D eigenvalue weighted by Crippen LogP contribution is 2.32. The standard InChI is InChI=1S/C16H19BrN2OS/c1-12(21-14-8-4-3-7-13(14)17)15(20)19-16(11-18)9-5-2-6-10-16/h3-4,7-8,12H,2,5-6,9-10H2,1H3,(H,19,20). The zero-order chi connectivity index (χ0) is 15.3. The van der Waals surface area contributed by atoms with Gasteiger partial charge in [0.2, 0.25) is 5.91 Å². The number of hydrogen-bond donors (Lipinski definition) is 1. The van der Waals surface area contributed by atoms with Crippen molar-refractivity contribution in [1.29, 1.82) is 5.26 Å². The lowest BCUT2D eigenvalue weighted by Gasteiger charge is -2.32. The maximum absolute atomic E-state index is 12.4. The minimum Gasteiger partial charge on any atom is -0.337 e. The normalized spacial score (nSPS) is 18.5. The number of carbonyl (C=O) groups is 1. The van der Waals surface area contributed by atoms with Crippen LogP contribution in [0.25, 0.3) is 0 Å². The second kappa shape index (κ2) is 7.33. The molecule has 1 unspecified atom stereocenters. The first-order chi connectivity index (χ1) is 10.1. The average Bonchev–Trinajstić information content (AvgIpc) is 2.50. The highest BCUT2D eigenvalue weighted by Gasteiger charge is 2.34. The maximum Gasteiger partial charge on any atom is 0.234 e. The summed E-state index contributed by atoms with van der Waals surface area (Å²) in [5.41, 5.74) is -0.655. The van der Waals surface area contributed by atoms with Gasteiger partial charge < -0.3 is 5.32 Å². The van der Waals surface area contributed by atoms with Gasteiger partial charge in [0, 0.05) is 9.37 Å². The Morgan fingerprint density at radius 1 is 1.38 bits per heavy atom. The van der Waals surface area contributed by atoms with E-state index < -0.39 is 5.54 Å². The van der Waals surface area contributed by atoms with Gasteiger partial charge >= 0.3 is 0 Å². The van der Waals surface area contributed by atoms with Crippen LogP contribution in [0, 0.1) is 11.3 Å². The van der Waals surface area contributed by atoms with E-state index in [1.807, 2.05) is 31.2 Å². The third kappa shape index (κ3) is 4.24. The molecule has 0 saturated heterocycles. The van der Waals surface area contributed by atoms with Crippen molar-refractivity contribution in [3.05, 3.63) is 28.7 Å². The van der Waals surface area contributed by atoms with Gasteiger partial charge in [-0.1, -0.05) is 31.4 Å². The van der Waals surface area contributed by atoms with Crippen LogP contribution in [-0.2, 0) is 4.79 Å². The van der Waals surface area contributed by atoms with Crippen molar-refractivity contribution >= 4 is 33.6 Å². The van der Waals surface area contributed by atoms with Gasteiger partial charge in [-0.05, 0) is 47.8 Å². The molecule has 1 atom stereocenters. The number of benzene rings is 1. The average molecular weight is 367 g/mol. The van der Waals surface area contributed by atoms with Crippen molar-refractivity contribution in [2.75, 3.05) is 0 Å². The minimum atomic E-state index is -0.655. The lowest BCUT2D eigenvalue weighted by Crippen LogP contribution is -2.50. The molecule has 0 aromatic heterocycles. The summed E-state index contributed by atoms with van der Waals surface area (Å²) in [6.07, 6.45) is 4.71. The Bertz CT molecular complexity index is 549. The molecule has 0 aliphatic heterocycles. The van der Waals surface area contributed by atoms with E-state index in [-0.39, 0.29) is 11.2 Å². The summed E-state index contributed by atoms with van der Waals surface area (Å²) in [5, 5.41) is 12.2. The van der Waals surface area contributed by atoms with Crippen LogP contribution in [0.1, 0.15) is 39.0 Å². The third-order valence-corrected chi connectivity index (χ3v) is 5.92. The Labute approximate surface area is 138 Å². The van der Waals surface area contributed by atoms with Gasteiger partial charge in [-0.2, -0.15) is 5.26 Å². The van der Waals surface area contributed by atoms with E-state index in [0.29, 0.717) is 0 Å². The fourth-order valence-corrected chi connectivity index (χ4v) is 3.99. The molecule has 0 heterocycles.